The van der Waals surface area contributed by atoms with Crippen LogP contribution in [0, 0.1) is 19.8 Å². The van der Waals surface area contributed by atoms with Crippen molar-refractivity contribution in [1.29, 1.82) is 0 Å². The summed E-state index contributed by atoms with van der Waals surface area (Å²) in [5, 5.41) is 1.05. The molecular formula is C23H23N3O3. The number of nitrogens with zero attached hydrogens (tertiary/aromatic N) is 2. The Balaban J connectivity index is 1.69. The summed E-state index contributed by atoms with van der Waals surface area (Å²) in [5.41, 5.74) is 6.62. The van der Waals surface area contributed by atoms with E-state index in [9.17, 15) is 4.79 Å². The maximum absolute atomic E-state index is 12.8. The van der Waals surface area contributed by atoms with Gasteiger partial charge in [0.15, 0.2) is 0 Å². The van der Waals surface area contributed by atoms with Gasteiger partial charge in [0.05, 0.1) is 25.3 Å². The van der Waals surface area contributed by atoms with E-state index in [0.29, 0.717) is 24.0 Å². The molecule has 5 rings (SSSR count). The summed E-state index contributed by atoms with van der Waals surface area (Å²) in [5.74, 6) is 0.939. The van der Waals surface area contributed by atoms with Crippen molar-refractivity contribution in [1.82, 2.24) is 9.97 Å². The number of pyridine rings is 2. The van der Waals surface area contributed by atoms with Crippen molar-refractivity contribution >= 4 is 17.1 Å². The number of ether oxygens (including phenoxy) is 2. The molecule has 2 aliphatic rings. The minimum Gasteiger partial charge on any atom is -0.481 e. The fraction of sp³-hybridized carbons (Fsp3) is 0.348. The molecule has 1 N–H and O–H groups in total. The average Bonchev–Trinajstić information content (AvgIpc) is 3.38. The van der Waals surface area contributed by atoms with Crippen molar-refractivity contribution in [3.63, 3.8) is 0 Å². The molecule has 4 heterocycles. The first-order chi connectivity index (χ1) is 14.1. The van der Waals surface area contributed by atoms with E-state index in [4.69, 9.17) is 9.47 Å². The zero-order valence-corrected chi connectivity index (χ0v) is 16.8. The molecule has 6 nitrogen and oxygen atoms in total. The molecule has 2 unspecified atom stereocenters. The van der Waals surface area contributed by atoms with Gasteiger partial charge in [0.1, 0.15) is 0 Å². The molecule has 2 aromatic heterocycles. The van der Waals surface area contributed by atoms with Crippen LogP contribution in [0.4, 0.5) is 0 Å². The van der Waals surface area contributed by atoms with Crippen molar-refractivity contribution in [3.8, 4) is 17.0 Å². The quantitative estimate of drug-likeness (QED) is 0.741. The normalized spacial score (nSPS) is 20.4. The summed E-state index contributed by atoms with van der Waals surface area (Å²) in [6.07, 6.45) is 4.52. The van der Waals surface area contributed by atoms with Crippen molar-refractivity contribution in [3.05, 3.63) is 57.0 Å². The molecule has 29 heavy (non-hydrogen) atoms. The van der Waals surface area contributed by atoms with Crippen LogP contribution in [0.5, 0.6) is 5.88 Å². The highest BCUT2D eigenvalue weighted by atomic mass is 16.5. The molecule has 6 heteroatoms. The lowest BCUT2D eigenvalue weighted by Gasteiger charge is -2.18. The summed E-state index contributed by atoms with van der Waals surface area (Å²) in [6.45, 7) is 5.50. The van der Waals surface area contributed by atoms with Gasteiger partial charge in [0.2, 0.25) is 5.88 Å². The van der Waals surface area contributed by atoms with E-state index < -0.39 is 0 Å². The molecule has 0 spiro atoms. The molecule has 0 bridgehead atoms. The molecule has 0 amide bonds. The van der Waals surface area contributed by atoms with Crippen molar-refractivity contribution in [2.75, 3.05) is 20.3 Å². The van der Waals surface area contributed by atoms with Gasteiger partial charge in [-0.25, -0.2) is 4.98 Å². The molecule has 1 fully saturated rings. The topological polar surface area (TPSA) is 76.6 Å². The number of H-pyrrole nitrogens is 1. The van der Waals surface area contributed by atoms with Crippen LogP contribution in [-0.4, -0.2) is 36.5 Å². The molecule has 148 valence electrons. The van der Waals surface area contributed by atoms with Crippen LogP contribution in [0.2, 0.25) is 0 Å². The number of fused-ring (bicyclic) bond motifs is 3. The Kier molecular flexibility index (Phi) is 4.24. The first kappa shape index (κ1) is 18.1. The standard InChI is InChI=1S/C23H23N3O3/c1-12-9-25-23(28-3)13(2)19(12)14-4-5-16-18(8-14)26-22(27)17-10-24-21(20(16)17)15-6-7-29-11-15/h4-5,8-10,15,21H,6-7,11H2,1-3H3,(H,26,27). The predicted molar refractivity (Wildman–Crippen MR) is 113 cm³/mol. The third kappa shape index (κ3) is 2.78. The number of aryl methyl sites for hydroxylation is 1. The molecular weight excluding hydrogens is 366 g/mol. The number of aromatic amines is 1. The zero-order chi connectivity index (χ0) is 20.1. The minimum absolute atomic E-state index is 0.00681. The van der Waals surface area contributed by atoms with Gasteiger partial charge in [0.25, 0.3) is 5.56 Å². The lowest BCUT2D eigenvalue weighted by molar-refractivity contribution is 0.181. The second-order valence-corrected chi connectivity index (χ2v) is 7.84. The van der Waals surface area contributed by atoms with Crippen LogP contribution >= 0.6 is 0 Å². The van der Waals surface area contributed by atoms with Crippen LogP contribution < -0.4 is 10.3 Å². The van der Waals surface area contributed by atoms with Gasteiger partial charge in [-0.1, -0.05) is 12.1 Å². The van der Waals surface area contributed by atoms with Gasteiger partial charge in [-0.15, -0.1) is 0 Å². The van der Waals surface area contributed by atoms with Crippen LogP contribution in [-0.2, 0) is 4.74 Å². The molecule has 0 radical (unpaired) electrons. The largest absolute Gasteiger partial charge is 0.481 e. The van der Waals surface area contributed by atoms with Crippen molar-refractivity contribution in [2.45, 2.75) is 26.3 Å². The monoisotopic (exact) mass is 389 g/mol. The Morgan fingerprint density at radius 2 is 2.14 bits per heavy atom. The molecule has 2 aliphatic heterocycles. The van der Waals surface area contributed by atoms with Crippen molar-refractivity contribution in [2.24, 2.45) is 10.9 Å². The second-order valence-electron chi connectivity index (χ2n) is 7.84. The third-order valence-corrected chi connectivity index (χ3v) is 6.11. The third-order valence-electron chi connectivity index (χ3n) is 6.11. The first-order valence-electron chi connectivity index (χ1n) is 9.90. The molecule has 2 atom stereocenters. The molecule has 1 saturated heterocycles. The van der Waals surface area contributed by atoms with Gasteiger partial charge in [-0.05, 0) is 43.0 Å². The van der Waals surface area contributed by atoms with E-state index >= 15 is 0 Å². The maximum Gasteiger partial charge on any atom is 0.257 e. The van der Waals surface area contributed by atoms with E-state index in [1.54, 1.807) is 13.3 Å². The van der Waals surface area contributed by atoms with E-state index in [1.165, 1.54) is 0 Å². The number of aliphatic imine (C=N–C) groups is 1. The van der Waals surface area contributed by atoms with Crippen LogP contribution in [0.25, 0.3) is 22.0 Å². The fourth-order valence-electron chi connectivity index (χ4n) is 4.70. The molecule has 0 saturated carbocycles. The SMILES string of the molecule is COc1ncc(C)c(-c2ccc3c4c(c(=O)[nH]c3c2)C=NC4C2CCOC2)c1C. The highest BCUT2D eigenvalue weighted by Gasteiger charge is 2.33. The summed E-state index contributed by atoms with van der Waals surface area (Å²) >= 11 is 0. The van der Waals surface area contributed by atoms with Gasteiger partial charge in [-0.2, -0.15) is 0 Å². The van der Waals surface area contributed by atoms with Gasteiger partial charge >= 0.3 is 0 Å². The molecule has 3 aromatic rings. The van der Waals surface area contributed by atoms with Crippen molar-refractivity contribution < 1.29 is 9.47 Å². The smallest absolute Gasteiger partial charge is 0.257 e. The minimum atomic E-state index is -0.0874. The van der Waals surface area contributed by atoms with Crippen LogP contribution in [0.1, 0.15) is 34.7 Å². The van der Waals surface area contributed by atoms with Gasteiger partial charge in [0, 0.05) is 47.0 Å². The number of aromatic nitrogens is 2. The zero-order valence-electron chi connectivity index (χ0n) is 16.8. The lowest BCUT2D eigenvalue weighted by atomic mass is 9.89. The summed E-state index contributed by atoms with van der Waals surface area (Å²) in [7, 11) is 1.63. The number of hydrogen-bond donors (Lipinski definition) is 1. The predicted octanol–water partition coefficient (Wildman–Crippen LogP) is 3.73. The Labute approximate surface area is 168 Å². The Morgan fingerprint density at radius 3 is 2.90 bits per heavy atom. The Hall–Kier alpha value is -2.99. The number of benzene rings is 1. The second kappa shape index (κ2) is 6.81. The summed E-state index contributed by atoms with van der Waals surface area (Å²) in [6, 6.07) is 6.25. The van der Waals surface area contributed by atoms with Gasteiger partial charge < -0.3 is 14.5 Å². The highest BCUT2D eigenvalue weighted by Crippen LogP contribution is 2.40. The van der Waals surface area contributed by atoms with E-state index in [1.807, 2.05) is 26.1 Å². The number of methoxy groups -OCH3 is 1. The average molecular weight is 389 g/mol. The van der Waals surface area contributed by atoms with E-state index in [0.717, 1.165) is 51.7 Å². The Bertz CT molecular complexity index is 1210. The lowest BCUT2D eigenvalue weighted by Crippen LogP contribution is -2.16. The van der Waals surface area contributed by atoms with Gasteiger partial charge in [-0.3, -0.25) is 9.79 Å². The fourth-order valence-corrected chi connectivity index (χ4v) is 4.70. The van der Waals surface area contributed by atoms with E-state index in [2.05, 4.69) is 27.1 Å². The summed E-state index contributed by atoms with van der Waals surface area (Å²) in [4.78, 5) is 24.8. The highest BCUT2D eigenvalue weighted by molar-refractivity contribution is 5.96. The van der Waals surface area contributed by atoms with Crippen LogP contribution in [0.15, 0.2) is 34.2 Å². The summed E-state index contributed by atoms with van der Waals surface area (Å²) < 4.78 is 11.0. The maximum atomic E-state index is 12.8. The first-order valence-corrected chi connectivity index (χ1v) is 9.90. The van der Waals surface area contributed by atoms with E-state index in [-0.39, 0.29) is 11.6 Å². The Morgan fingerprint density at radius 1 is 1.28 bits per heavy atom. The number of hydrogen-bond acceptors (Lipinski definition) is 5. The number of nitrogens with one attached hydrogen (secondary N) is 1. The molecule has 0 aliphatic carbocycles. The van der Waals surface area contributed by atoms with Crippen LogP contribution in [0.3, 0.4) is 0 Å². The number of rotatable bonds is 3. The molecule has 1 aromatic carbocycles.